The van der Waals surface area contributed by atoms with Crippen molar-refractivity contribution >= 4 is 11.6 Å². The second-order valence-corrected chi connectivity index (χ2v) is 7.67. The number of aliphatic hydroxyl groups excluding tert-OH is 1. The molecular formula is C21H27FN4O. The molecule has 3 heterocycles. The monoisotopic (exact) mass is 370 g/mol. The molecule has 0 spiro atoms. The molecule has 1 N–H and O–H groups in total. The van der Waals surface area contributed by atoms with Crippen LogP contribution in [0.4, 0.5) is 16.0 Å². The Labute approximate surface area is 159 Å². The van der Waals surface area contributed by atoms with Crippen molar-refractivity contribution in [1.82, 2.24) is 9.97 Å². The van der Waals surface area contributed by atoms with Crippen LogP contribution in [-0.4, -0.2) is 47.4 Å². The second-order valence-electron chi connectivity index (χ2n) is 7.67. The van der Waals surface area contributed by atoms with Crippen LogP contribution >= 0.6 is 0 Å². The van der Waals surface area contributed by atoms with Gasteiger partial charge in [-0.15, -0.1) is 0 Å². The molecule has 5 nitrogen and oxygen atoms in total. The molecule has 0 aliphatic carbocycles. The van der Waals surface area contributed by atoms with Gasteiger partial charge >= 0.3 is 0 Å². The zero-order chi connectivity index (χ0) is 18.6. The molecule has 0 radical (unpaired) electrons. The van der Waals surface area contributed by atoms with E-state index in [-0.39, 0.29) is 18.5 Å². The summed E-state index contributed by atoms with van der Waals surface area (Å²) in [5.74, 6) is 2.31. The van der Waals surface area contributed by atoms with Gasteiger partial charge in [0.1, 0.15) is 23.8 Å². The quantitative estimate of drug-likeness (QED) is 0.877. The molecular weight excluding hydrogens is 343 g/mol. The Morgan fingerprint density at radius 3 is 2.63 bits per heavy atom. The predicted octanol–water partition coefficient (Wildman–Crippen LogP) is 3.04. The van der Waals surface area contributed by atoms with Gasteiger partial charge in [-0.05, 0) is 55.7 Å². The van der Waals surface area contributed by atoms with Crippen LogP contribution in [0.2, 0.25) is 0 Å². The predicted molar refractivity (Wildman–Crippen MR) is 105 cm³/mol. The summed E-state index contributed by atoms with van der Waals surface area (Å²) < 4.78 is 13.4. The maximum absolute atomic E-state index is 13.4. The van der Waals surface area contributed by atoms with Crippen molar-refractivity contribution in [2.45, 2.75) is 38.1 Å². The molecule has 0 bridgehead atoms. The summed E-state index contributed by atoms with van der Waals surface area (Å²) in [6, 6.07) is 9.18. The van der Waals surface area contributed by atoms with E-state index in [2.05, 4.69) is 25.8 Å². The molecule has 2 fully saturated rings. The molecule has 0 saturated carbocycles. The minimum absolute atomic E-state index is 0.151. The molecule has 144 valence electrons. The fourth-order valence-corrected chi connectivity index (χ4v) is 4.36. The first-order chi connectivity index (χ1) is 13.2. The molecule has 1 aromatic carbocycles. The summed E-state index contributed by atoms with van der Waals surface area (Å²) in [7, 11) is 0. The summed E-state index contributed by atoms with van der Waals surface area (Å²) in [6.45, 7) is 3.03. The van der Waals surface area contributed by atoms with Crippen molar-refractivity contribution < 1.29 is 9.50 Å². The van der Waals surface area contributed by atoms with Gasteiger partial charge in [-0.1, -0.05) is 12.1 Å². The third-order valence-corrected chi connectivity index (χ3v) is 5.87. The smallest absolute Gasteiger partial charge is 0.134 e. The van der Waals surface area contributed by atoms with Crippen LogP contribution in [0.5, 0.6) is 0 Å². The first-order valence-corrected chi connectivity index (χ1v) is 9.92. The topological polar surface area (TPSA) is 52.5 Å². The lowest BCUT2D eigenvalue weighted by molar-refractivity contribution is 0.266. The van der Waals surface area contributed by atoms with Crippen LogP contribution in [0.1, 0.15) is 31.2 Å². The summed E-state index contributed by atoms with van der Waals surface area (Å²) in [5, 5.41) is 9.56. The Morgan fingerprint density at radius 1 is 1.04 bits per heavy atom. The van der Waals surface area contributed by atoms with Gasteiger partial charge in [-0.3, -0.25) is 0 Å². The molecule has 1 unspecified atom stereocenters. The van der Waals surface area contributed by atoms with Crippen LogP contribution < -0.4 is 9.80 Å². The molecule has 1 aromatic heterocycles. The van der Waals surface area contributed by atoms with Gasteiger partial charge in [0.05, 0.1) is 12.6 Å². The third kappa shape index (κ3) is 4.21. The first-order valence-electron chi connectivity index (χ1n) is 9.92. The zero-order valence-corrected chi connectivity index (χ0v) is 15.6. The van der Waals surface area contributed by atoms with Gasteiger partial charge in [0.25, 0.3) is 0 Å². The van der Waals surface area contributed by atoms with Crippen molar-refractivity contribution in [2.75, 3.05) is 36.0 Å². The zero-order valence-electron chi connectivity index (χ0n) is 15.6. The number of nitrogens with zero attached hydrogens (tertiary/aromatic N) is 4. The van der Waals surface area contributed by atoms with Crippen LogP contribution in [-0.2, 0) is 6.42 Å². The van der Waals surface area contributed by atoms with Crippen LogP contribution in [0.15, 0.2) is 36.7 Å². The summed E-state index contributed by atoms with van der Waals surface area (Å²) >= 11 is 0. The number of rotatable bonds is 5. The number of piperidine rings is 1. The third-order valence-electron chi connectivity index (χ3n) is 5.87. The van der Waals surface area contributed by atoms with E-state index in [0.717, 1.165) is 68.9 Å². The van der Waals surface area contributed by atoms with Gasteiger partial charge in [0.2, 0.25) is 0 Å². The lowest BCUT2D eigenvalue weighted by Gasteiger charge is -2.33. The molecule has 2 aromatic rings. The normalized spacial score (nSPS) is 21.0. The number of anilines is 2. The minimum atomic E-state index is -0.151. The lowest BCUT2D eigenvalue weighted by Crippen LogP contribution is -2.36. The van der Waals surface area contributed by atoms with E-state index < -0.39 is 0 Å². The lowest BCUT2D eigenvalue weighted by atomic mass is 9.90. The van der Waals surface area contributed by atoms with E-state index in [9.17, 15) is 9.50 Å². The van der Waals surface area contributed by atoms with Crippen LogP contribution in [0, 0.1) is 11.7 Å². The maximum Gasteiger partial charge on any atom is 0.134 e. The number of aliphatic hydroxyl groups is 1. The molecule has 27 heavy (non-hydrogen) atoms. The summed E-state index contributed by atoms with van der Waals surface area (Å²) in [4.78, 5) is 13.4. The average molecular weight is 370 g/mol. The van der Waals surface area contributed by atoms with E-state index in [1.165, 1.54) is 6.07 Å². The Morgan fingerprint density at radius 2 is 1.85 bits per heavy atom. The van der Waals surface area contributed by atoms with Crippen molar-refractivity contribution in [3.05, 3.63) is 48.0 Å². The van der Waals surface area contributed by atoms with E-state index >= 15 is 0 Å². The number of benzene rings is 1. The van der Waals surface area contributed by atoms with Gasteiger partial charge in [-0.2, -0.15) is 0 Å². The van der Waals surface area contributed by atoms with Crippen molar-refractivity contribution in [1.29, 1.82) is 0 Å². The Hall–Kier alpha value is -2.21. The van der Waals surface area contributed by atoms with Crippen LogP contribution in [0.3, 0.4) is 0 Å². The number of hydrogen-bond acceptors (Lipinski definition) is 5. The Bertz CT molecular complexity index is 763. The van der Waals surface area contributed by atoms with Crippen LogP contribution in [0.25, 0.3) is 0 Å². The second kappa shape index (κ2) is 8.21. The van der Waals surface area contributed by atoms with Crippen molar-refractivity contribution in [3.8, 4) is 0 Å². The fraction of sp³-hybridized carbons (Fsp3) is 0.524. The standard InChI is InChI=1S/C21H27FN4O/c22-18-4-1-3-17(12-18)11-16-6-9-25(10-7-16)20-13-21(24-15-23-20)26-8-2-5-19(26)14-27/h1,3-4,12-13,15-16,19,27H,2,5-11,14H2. The Kier molecular flexibility index (Phi) is 5.53. The largest absolute Gasteiger partial charge is 0.394 e. The highest BCUT2D eigenvalue weighted by atomic mass is 19.1. The van der Waals surface area contributed by atoms with Crippen molar-refractivity contribution in [3.63, 3.8) is 0 Å². The van der Waals surface area contributed by atoms with E-state index in [0.29, 0.717) is 5.92 Å². The Balaban J connectivity index is 1.37. The molecule has 6 heteroatoms. The fourth-order valence-electron chi connectivity index (χ4n) is 4.36. The number of halogens is 1. The van der Waals surface area contributed by atoms with Gasteiger partial charge in [0, 0.05) is 25.7 Å². The maximum atomic E-state index is 13.4. The molecule has 4 rings (SSSR count). The molecule has 2 saturated heterocycles. The number of hydrogen-bond donors (Lipinski definition) is 1. The average Bonchev–Trinajstić information content (AvgIpc) is 3.18. The first kappa shape index (κ1) is 18.2. The number of aromatic nitrogens is 2. The van der Waals surface area contributed by atoms with Gasteiger partial charge in [-0.25, -0.2) is 14.4 Å². The highest BCUT2D eigenvalue weighted by molar-refractivity contribution is 5.51. The molecule has 0 amide bonds. The highest BCUT2D eigenvalue weighted by Gasteiger charge is 2.26. The van der Waals surface area contributed by atoms with Gasteiger partial charge < -0.3 is 14.9 Å². The minimum Gasteiger partial charge on any atom is -0.394 e. The summed E-state index contributed by atoms with van der Waals surface area (Å²) in [5.41, 5.74) is 1.09. The van der Waals surface area contributed by atoms with E-state index in [1.54, 1.807) is 18.5 Å². The SMILES string of the molecule is OCC1CCCN1c1cc(N2CCC(Cc3cccc(F)c3)CC2)ncn1. The summed E-state index contributed by atoms with van der Waals surface area (Å²) in [6.07, 6.45) is 6.85. The van der Waals surface area contributed by atoms with E-state index in [1.807, 2.05) is 6.07 Å². The molecule has 1 atom stereocenters. The van der Waals surface area contributed by atoms with Crippen molar-refractivity contribution in [2.24, 2.45) is 5.92 Å². The van der Waals surface area contributed by atoms with Gasteiger partial charge in [0.15, 0.2) is 0 Å². The molecule has 2 aliphatic rings. The highest BCUT2D eigenvalue weighted by Crippen LogP contribution is 2.28. The molecule has 2 aliphatic heterocycles. The van der Waals surface area contributed by atoms with E-state index in [4.69, 9.17) is 0 Å².